The van der Waals surface area contributed by atoms with Crippen LogP contribution in [0.2, 0.25) is 0 Å². The number of carbonyl (C=O) groups is 2. The summed E-state index contributed by atoms with van der Waals surface area (Å²) in [5.41, 5.74) is 0. The van der Waals surface area contributed by atoms with Crippen LogP contribution in [-0.2, 0) is 4.79 Å². The summed E-state index contributed by atoms with van der Waals surface area (Å²) in [6, 6.07) is -1.86. The lowest BCUT2D eigenvalue weighted by molar-refractivity contribution is -0.139. The number of aliphatic hydroxyl groups is 3. The van der Waals surface area contributed by atoms with Gasteiger partial charge in [-0.15, -0.1) is 0 Å². The molecule has 1 fully saturated rings. The minimum atomic E-state index is -1.24. The zero-order valence-electron chi connectivity index (χ0n) is 9.11. The summed E-state index contributed by atoms with van der Waals surface area (Å²) >= 11 is 0. The second kappa shape index (κ2) is 5.80. The number of nitrogens with one attached hydrogen (secondary N) is 1. The Labute approximate surface area is 97.5 Å². The van der Waals surface area contributed by atoms with E-state index in [9.17, 15) is 19.8 Å². The van der Waals surface area contributed by atoms with Crippen molar-refractivity contribution in [2.24, 2.45) is 0 Å². The summed E-state index contributed by atoms with van der Waals surface area (Å²) in [5.74, 6) is -1.24. The van der Waals surface area contributed by atoms with Crippen LogP contribution in [0.15, 0.2) is 0 Å². The van der Waals surface area contributed by atoms with Crippen LogP contribution in [0.5, 0.6) is 0 Å². The Hall–Kier alpha value is -1.38. The predicted octanol–water partition coefficient (Wildman–Crippen LogP) is -2.43. The van der Waals surface area contributed by atoms with Crippen molar-refractivity contribution in [3.05, 3.63) is 0 Å². The number of aliphatic hydroxyl groups excluding tert-OH is 3. The van der Waals surface area contributed by atoms with Crippen molar-refractivity contribution in [2.75, 3.05) is 19.7 Å². The summed E-state index contributed by atoms with van der Waals surface area (Å²) in [7, 11) is 0. The molecule has 0 aromatic rings. The molecule has 3 atom stereocenters. The van der Waals surface area contributed by atoms with E-state index >= 15 is 0 Å². The van der Waals surface area contributed by atoms with Crippen LogP contribution in [-0.4, -0.2) is 75.3 Å². The first-order chi connectivity index (χ1) is 7.95. The molecule has 0 radical (unpaired) electrons. The van der Waals surface area contributed by atoms with E-state index in [1.807, 2.05) is 0 Å². The van der Waals surface area contributed by atoms with Crippen LogP contribution in [0.25, 0.3) is 0 Å². The summed E-state index contributed by atoms with van der Waals surface area (Å²) in [6.45, 7) is -0.445. The fourth-order valence-electron chi connectivity index (χ4n) is 1.56. The third-order valence-corrected chi connectivity index (χ3v) is 2.56. The molecule has 0 saturated carbocycles. The van der Waals surface area contributed by atoms with Crippen molar-refractivity contribution >= 4 is 12.0 Å². The molecule has 0 aliphatic carbocycles. The maximum absolute atomic E-state index is 11.6. The van der Waals surface area contributed by atoms with Crippen molar-refractivity contribution in [1.82, 2.24) is 10.2 Å². The third kappa shape index (κ3) is 3.55. The van der Waals surface area contributed by atoms with Crippen molar-refractivity contribution in [3.63, 3.8) is 0 Å². The van der Waals surface area contributed by atoms with Crippen molar-refractivity contribution < 1.29 is 30.0 Å². The number of urea groups is 1. The molecule has 1 heterocycles. The molecular formula is C9H16N2O6. The summed E-state index contributed by atoms with van der Waals surface area (Å²) in [4.78, 5) is 23.4. The standard InChI is InChI=1S/C9H16N2O6/c12-2-1-5(8(15)16)10-9(17)11-3-6(13)7(14)4-11/h5-7,12-14H,1-4H2,(H,10,17)(H,15,16)/t5-,6?,7?/m0/s1. The van der Waals surface area contributed by atoms with E-state index in [1.54, 1.807) is 0 Å². The summed E-state index contributed by atoms with van der Waals surface area (Å²) in [5, 5.41) is 38.1. The summed E-state index contributed by atoms with van der Waals surface area (Å²) in [6.07, 6.45) is -2.12. The number of hydrogen-bond donors (Lipinski definition) is 5. The van der Waals surface area contributed by atoms with Crippen LogP contribution >= 0.6 is 0 Å². The monoisotopic (exact) mass is 248 g/mol. The third-order valence-electron chi connectivity index (χ3n) is 2.56. The number of carboxylic acids is 1. The van der Waals surface area contributed by atoms with Gasteiger partial charge in [-0.2, -0.15) is 0 Å². The number of hydrogen-bond acceptors (Lipinski definition) is 5. The molecule has 0 aromatic carbocycles. The van der Waals surface area contributed by atoms with Gasteiger partial charge in [-0.3, -0.25) is 0 Å². The van der Waals surface area contributed by atoms with E-state index in [4.69, 9.17) is 10.2 Å². The molecule has 8 heteroatoms. The Morgan fingerprint density at radius 1 is 1.29 bits per heavy atom. The van der Waals surface area contributed by atoms with Gasteiger partial charge in [0.15, 0.2) is 0 Å². The predicted molar refractivity (Wildman–Crippen MR) is 55.2 cm³/mol. The highest BCUT2D eigenvalue weighted by atomic mass is 16.4. The highest BCUT2D eigenvalue weighted by molar-refractivity contribution is 5.82. The zero-order valence-corrected chi connectivity index (χ0v) is 9.11. The zero-order chi connectivity index (χ0) is 13.0. The second-order valence-electron chi connectivity index (χ2n) is 3.89. The van der Waals surface area contributed by atoms with Crippen molar-refractivity contribution in [3.8, 4) is 0 Å². The van der Waals surface area contributed by atoms with Gasteiger partial charge in [0.2, 0.25) is 0 Å². The molecule has 0 spiro atoms. The Morgan fingerprint density at radius 3 is 2.24 bits per heavy atom. The molecule has 1 saturated heterocycles. The van der Waals surface area contributed by atoms with Crippen LogP contribution in [0.3, 0.4) is 0 Å². The quantitative estimate of drug-likeness (QED) is 0.376. The smallest absolute Gasteiger partial charge is 0.326 e. The van der Waals surface area contributed by atoms with E-state index in [0.717, 1.165) is 4.90 Å². The fraction of sp³-hybridized carbons (Fsp3) is 0.778. The summed E-state index contributed by atoms with van der Waals surface area (Å²) < 4.78 is 0. The molecule has 0 aromatic heterocycles. The molecule has 8 nitrogen and oxygen atoms in total. The van der Waals surface area contributed by atoms with Gasteiger partial charge < -0.3 is 30.6 Å². The topological polar surface area (TPSA) is 130 Å². The second-order valence-corrected chi connectivity index (χ2v) is 3.89. The Bertz CT molecular complexity index is 287. The SMILES string of the molecule is O=C(O)[C@H](CCO)NC(=O)N1CC(O)C(O)C1. The molecule has 1 aliphatic heterocycles. The van der Waals surface area contributed by atoms with Crippen molar-refractivity contribution in [1.29, 1.82) is 0 Å². The van der Waals surface area contributed by atoms with E-state index in [-0.39, 0.29) is 26.1 Å². The lowest BCUT2D eigenvalue weighted by Crippen LogP contribution is -2.48. The number of amides is 2. The molecule has 98 valence electrons. The molecule has 2 amide bonds. The van der Waals surface area contributed by atoms with Gasteiger partial charge in [-0.05, 0) is 0 Å². The van der Waals surface area contributed by atoms with Crippen LogP contribution < -0.4 is 5.32 Å². The molecule has 2 unspecified atom stereocenters. The van der Waals surface area contributed by atoms with Gasteiger partial charge in [0.25, 0.3) is 0 Å². The number of rotatable bonds is 4. The average Bonchev–Trinajstić information content (AvgIpc) is 2.58. The molecular weight excluding hydrogens is 232 g/mol. The number of carbonyl (C=O) groups excluding carboxylic acids is 1. The maximum atomic E-state index is 11.6. The molecule has 1 aliphatic rings. The maximum Gasteiger partial charge on any atom is 0.326 e. The van der Waals surface area contributed by atoms with Gasteiger partial charge in [-0.25, -0.2) is 9.59 Å². The number of nitrogens with zero attached hydrogens (tertiary/aromatic N) is 1. The lowest BCUT2D eigenvalue weighted by atomic mass is 10.2. The normalized spacial score (nSPS) is 25.7. The van der Waals surface area contributed by atoms with E-state index in [0.29, 0.717) is 0 Å². The molecule has 17 heavy (non-hydrogen) atoms. The first-order valence-corrected chi connectivity index (χ1v) is 5.21. The fourth-order valence-corrected chi connectivity index (χ4v) is 1.56. The van der Waals surface area contributed by atoms with Gasteiger partial charge in [-0.1, -0.05) is 0 Å². The lowest BCUT2D eigenvalue weighted by Gasteiger charge is -2.20. The Balaban J connectivity index is 2.50. The number of aliphatic carboxylic acids is 1. The minimum Gasteiger partial charge on any atom is -0.480 e. The van der Waals surface area contributed by atoms with Crippen molar-refractivity contribution in [2.45, 2.75) is 24.7 Å². The van der Waals surface area contributed by atoms with Gasteiger partial charge in [0.05, 0.1) is 25.3 Å². The van der Waals surface area contributed by atoms with E-state index in [2.05, 4.69) is 5.32 Å². The van der Waals surface area contributed by atoms with Crippen LogP contribution in [0.1, 0.15) is 6.42 Å². The molecule has 5 N–H and O–H groups in total. The minimum absolute atomic E-state index is 0.0432. The van der Waals surface area contributed by atoms with Gasteiger partial charge in [0, 0.05) is 13.0 Å². The number of likely N-dealkylation sites (tertiary alicyclic amines) is 1. The highest BCUT2D eigenvalue weighted by Gasteiger charge is 2.33. The van der Waals surface area contributed by atoms with Gasteiger partial charge >= 0.3 is 12.0 Å². The Morgan fingerprint density at radius 2 is 1.82 bits per heavy atom. The van der Waals surface area contributed by atoms with Gasteiger partial charge in [0.1, 0.15) is 6.04 Å². The van der Waals surface area contributed by atoms with Crippen LogP contribution in [0, 0.1) is 0 Å². The molecule has 0 bridgehead atoms. The average molecular weight is 248 g/mol. The van der Waals surface area contributed by atoms with Crippen LogP contribution in [0.4, 0.5) is 4.79 Å². The first-order valence-electron chi connectivity index (χ1n) is 5.21. The van der Waals surface area contributed by atoms with E-state index < -0.39 is 30.3 Å². The largest absolute Gasteiger partial charge is 0.480 e. The number of β-amino-alcohol motifs (C(OH)–C–C–N with tert-alkyl or cyclic N) is 2. The van der Waals surface area contributed by atoms with E-state index in [1.165, 1.54) is 0 Å². The number of carboxylic acid groups (broad SMARTS) is 1. The molecule has 1 rings (SSSR count). The first kappa shape index (κ1) is 13.7. The Kier molecular flexibility index (Phi) is 4.67. The highest BCUT2D eigenvalue weighted by Crippen LogP contribution is 2.10.